The minimum atomic E-state index is -4.58. The Labute approximate surface area is 230 Å². The molecule has 7 nitrogen and oxygen atoms in total. The van der Waals surface area contributed by atoms with E-state index in [1.54, 1.807) is 4.90 Å². The zero-order valence-electron chi connectivity index (χ0n) is 20.3. The third-order valence-corrected chi connectivity index (χ3v) is 7.57. The molecule has 5 rings (SSSR count). The van der Waals surface area contributed by atoms with E-state index in [0.29, 0.717) is 18.2 Å². The fourth-order valence-corrected chi connectivity index (χ4v) is 5.46. The van der Waals surface area contributed by atoms with Gasteiger partial charge in [0.2, 0.25) is 5.91 Å². The smallest absolute Gasteiger partial charge is 0.422 e. The van der Waals surface area contributed by atoms with Crippen molar-refractivity contribution in [2.75, 3.05) is 11.9 Å². The minimum Gasteiger partial charge on any atom is -0.486 e. The van der Waals surface area contributed by atoms with Crippen LogP contribution >= 0.6 is 23.2 Å². The van der Waals surface area contributed by atoms with Gasteiger partial charge in [0.05, 0.1) is 21.2 Å². The van der Waals surface area contributed by atoms with E-state index >= 15 is 0 Å². The lowest BCUT2D eigenvalue weighted by atomic mass is 9.99. The Hall–Kier alpha value is -3.31. The number of nitrogens with zero attached hydrogens (tertiary/aromatic N) is 3. The highest BCUT2D eigenvalue weighted by Gasteiger charge is 2.43. The molecule has 0 aliphatic carbocycles. The van der Waals surface area contributed by atoms with Crippen molar-refractivity contribution in [1.29, 1.82) is 0 Å². The Bertz CT molecular complexity index is 1420. The first-order chi connectivity index (χ1) is 18.5. The van der Waals surface area contributed by atoms with Crippen LogP contribution in [0.5, 0.6) is 11.5 Å². The number of amides is 1. The lowest BCUT2D eigenvalue weighted by Gasteiger charge is -2.38. The van der Waals surface area contributed by atoms with Crippen molar-refractivity contribution in [3.8, 4) is 11.5 Å². The topological polar surface area (TPSA) is 76.6 Å². The number of hydrogen-bond acceptors (Lipinski definition) is 6. The number of nitrogens with one attached hydrogen (secondary N) is 1. The average molecular weight is 585 g/mol. The molecule has 3 atom stereocenters. The Kier molecular flexibility index (Phi) is 7.47. The lowest BCUT2D eigenvalue weighted by molar-refractivity contribution is -0.153. The van der Waals surface area contributed by atoms with E-state index < -0.39 is 18.6 Å². The number of rotatable bonds is 7. The molecule has 1 N–H and O–H groups in total. The van der Waals surface area contributed by atoms with Crippen LogP contribution in [0.1, 0.15) is 25.7 Å². The largest absolute Gasteiger partial charge is 0.486 e. The van der Waals surface area contributed by atoms with E-state index in [9.17, 15) is 22.4 Å². The third kappa shape index (κ3) is 5.69. The first kappa shape index (κ1) is 27.3. The normalized spacial score (nSPS) is 20.7. The number of alkyl halides is 3. The number of hydrogen-bond donors (Lipinski definition) is 1. The summed E-state index contributed by atoms with van der Waals surface area (Å²) in [6, 6.07) is 5.45. The van der Waals surface area contributed by atoms with Crippen LogP contribution in [0.25, 0.3) is 10.9 Å². The van der Waals surface area contributed by atoms with E-state index in [4.69, 9.17) is 32.7 Å². The molecule has 1 amide bonds. The second kappa shape index (κ2) is 10.7. The summed E-state index contributed by atoms with van der Waals surface area (Å²) in [5.74, 6) is -0.887. The summed E-state index contributed by atoms with van der Waals surface area (Å²) in [5, 5.41) is 2.94. The molecular weight excluding hydrogens is 563 g/mol. The summed E-state index contributed by atoms with van der Waals surface area (Å²) >= 11 is 11.8. The number of carbonyl (C=O) groups excluding carboxylic acids is 1. The number of fused-ring (bicyclic) bond motifs is 3. The average Bonchev–Trinajstić information content (AvgIpc) is 3.17. The van der Waals surface area contributed by atoms with Crippen LogP contribution in [-0.2, 0) is 4.79 Å². The molecule has 2 fully saturated rings. The molecule has 2 aliphatic heterocycles. The third-order valence-electron chi connectivity index (χ3n) is 6.79. The van der Waals surface area contributed by atoms with Gasteiger partial charge in [-0.3, -0.25) is 4.79 Å². The van der Waals surface area contributed by atoms with E-state index in [2.05, 4.69) is 21.9 Å². The molecular formula is C26H22Cl2F4N4O3. The highest BCUT2D eigenvalue weighted by atomic mass is 35.5. The molecule has 3 aromatic rings. The molecule has 1 aromatic heterocycles. The van der Waals surface area contributed by atoms with Gasteiger partial charge in [-0.15, -0.1) is 0 Å². The van der Waals surface area contributed by atoms with Crippen molar-refractivity contribution in [2.45, 2.75) is 50.0 Å². The maximum atomic E-state index is 14.7. The van der Waals surface area contributed by atoms with Crippen LogP contribution in [0.3, 0.4) is 0 Å². The monoisotopic (exact) mass is 584 g/mol. The van der Waals surface area contributed by atoms with E-state index in [1.165, 1.54) is 36.7 Å². The van der Waals surface area contributed by atoms with Gasteiger partial charge >= 0.3 is 6.18 Å². The first-order valence-electron chi connectivity index (χ1n) is 12.0. The summed E-state index contributed by atoms with van der Waals surface area (Å²) in [6.45, 7) is 2.04. The molecule has 2 saturated heterocycles. The molecule has 0 radical (unpaired) electrons. The fraction of sp³-hybridized carbons (Fsp3) is 0.346. The predicted octanol–water partition coefficient (Wildman–Crippen LogP) is 6.85. The zero-order chi connectivity index (χ0) is 27.9. The Morgan fingerprint density at radius 1 is 1.15 bits per heavy atom. The number of halogens is 6. The van der Waals surface area contributed by atoms with Crippen molar-refractivity contribution >= 4 is 51.5 Å². The Balaban J connectivity index is 1.49. The number of aromatic nitrogens is 2. The molecule has 0 spiro atoms. The van der Waals surface area contributed by atoms with Crippen molar-refractivity contribution in [1.82, 2.24) is 14.9 Å². The highest BCUT2D eigenvalue weighted by Crippen LogP contribution is 2.41. The molecule has 2 bridgehead atoms. The summed E-state index contributed by atoms with van der Waals surface area (Å²) in [6.07, 6.45) is 0.103. The van der Waals surface area contributed by atoms with Gasteiger partial charge < -0.3 is 19.7 Å². The quantitative estimate of drug-likeness (QED) is 0.186. The molecule has 3 heterocycles. The molecule has 2 aliphatic rings. The standard InChI is InChI=1S/C26H22Cl2F4N4O3/c1-2-22(37)36-13-3-4-14(36)8-15(7-13)39-21-9-16-19(10-20(21)38-11-26(30,31)32)33-12-34-25(16)35-18-6-5-17(27)23(28)24(18)29/h2,5-6,9-10,12-15H,1,3-4,7-8,11H2,(H,33,34,35)/t13-,14?,15-/m0/s1. The number of anilines is 2. The molecule has 206 valence electrons. The van der Waals surface area contributed by atoms with Gasteiger partial charge in [0.15, 0.2) is 23.9 Å². The number of carbonyl (C=O) groups is 1. The van der Waals surface area contributed by atoms with Gasteiger partial charge in [-0.05, 0) is 37.1 Å². The Morgan fingerprint density at radius 2 is 1.87 bits per heavy atom. The second-order valence-corrected chi connectivity index (χ2v) is 10.1. The lowest BCUT2D eigenvalue weighted by Crippen LogP contribution is -2.48. The minimum absolute atomic E-state index is 0.0138. The highest BCUT2D eigenvalue weighted by molar-refractivity contribution is 6.42. The number of ether oxygens (including phenoxy) is 2. The number of benzene rings is 2. The SMILES string of the molecule is C=CC(=O)N1C2CC[C@H]1C[C@H](Oc1cc3c(Nc4ccc(Cl)c(Cl)c4F)ncnc3cc1OCC(F)(F)F)C2. The molecule has 1 unspecified atom stereocenters. The molecule has 0 saturated carbocycles. The summed E-state index contributed by atoms with van der Waals surface area (Å²) in [5.41, 5.74) is 0.226. The molecule has 39 heavy (non-hydrogen) atoms. The maximum Gasteiger partial charge on any atom is 0.422 e. The Morgan fingerprint density at radius 3 is 2.54 bits per heavy atom. The maximum absolute atomic E-state index is 14.7. The zero-order valence-corrected chi connectivity index (χ0v) is 21.8. The number of piperidine rings is 1. The van der Waals surface area contributed by atoms with Gasteiger partial charge in [-0.2, -0.15) is 13.2 Å². The van der Waals surface area contributed by atoms with Gasteiger partial charge in [0.25, 0.3) is 0 Å². The summed E-state index contributed by atoms with van der Waals surface area (Å²) < 4.78 is 65.0. The summed E-state index contributed by atoms with van der Waals surface area (Å²) in [7, 11) is 0. The van der Waals surface area contributed by atoms with Crippen LogP contribution < -0.4 is 14.8 Å². The van der Waals surface area contributed by atoms with Crippen molar-refractivity contribution < 1.29 is 31.8 Å². The van der Waals surface area contributed by atoms with Gasteiger partial charge in [0.1, 0.15) is 18.2 Å². The van der Waals surface area contributed by atoms with Crippen LogP contribution in [0.2, 0.25) is 10.0 Å². The van der Waals surface area contributed by atoms with E-state index in [-0.39, 0.29) is 62.7 Å². The van der Waals surface area contributed by atoms with Crippen LogP contribution in [0.4, 0.5) is 29.1 Å². The van der Waals surface area contributed by atoms with Crippen LogP contribution in [0.15, 0.2) is 43.2 Å². The second-order valence-electron chi connectivity index (χ2n) is 9.34. The van der Waals surface area contributed by atoms with Gasteiger partial charge in [-0.25, -0.2) is 14.4 Å². The molecule has 13 heteroatoms. The van der Waals surface area contributed by atoms with E-state index in [1.807, 2.05) is 0 Å². The van der Waals surface area contributed by atoms with Crippen molar-refractivity contribution in [3.05, 3.63) is 59.1 Å². The van der Waals surface area contributed by atoms with Gasteiger partial charge in [0, 0.05) is 36.4 Å². The predicted molar refractivity (Wildman–Crippen MR) is 138 cm³/mol. The first-order valence-corrected chi connectivity index (χ1v) is 12.8. The van der Waals surface area contributed by atoms with Crippen molar-refractivity contribution in [3.63, 3.8) is 0 Å². The van der Waals surface area contributed by atoms with E-state index in [0.717, 1.165) is 12.8 Å². The van der Waals surface area contributed by atoms with Crippen LogP contribution in [-0.4, -0.2) is 51.7 Å². The van der Waals surface area contributed by atoms with Crippen molar-refractivity contribution in [2.24, 2.45) is 0 Å². The summed E-state index contributed by atoms with van der Waals surface area (Å²) in [4.78, 5) is 22.4. The molecule has 2 aromatic carbocycles. The van der Waals surface area contributed by atoms with Crippen LogP contribution in [0, 0.1) is 5.82 Å². The van der Waals surface area contributed by atoms with Gasteiger partial charge in [-0.1, -0.05) is 29.8 Å². The fourth-order valence-electron chi connectivity index (χ4n) is 5.15.